The van der Waals surface area contributed by atoms with Crippen molar-refractivity contribution in [2.45, 2.75) is 69.7 Å². The third kappa shape index (κ3) is 1.76. The van der Waals surface area contributed by atoms with Crippen LogP contribution in [0.15, 0.2) is 0 Å². The highest BCUT2D eigenvalue weighted by atomic mass is 16.6. The van der Waals surface area contributed by atoms with Crippen LogP contribution in [0.1, 0.15) is 51.9 Å². The van der Waals surface area contributed by atoms with Crippen LogP contribution in [0.2, 0.25) is 0 Å². The van der Waals surface area contributed by atoms with E-state index in [1.807, 2.05) is 0 Å². The van der Waals surface area contributed by atoms with Crippen molar-refractivity contribution in [3.63, 3.8) is 0 Å². The van der Waals surface area contributed by atoms with Crippen molar-refractivity contribution >= 4 is 11.9 Å². The van der Waals surface area contributed by atoms with E-state index in [4.69, 9.17) is 9.47 Å². The first-order valence-corrected chi connectivity index (χ1v) is 10.6. The van der Waals surface area contributed by atoms with Gasteiger partial charge in [0.15, 0.2) is 0 Å². The van der Waals surface area contributed by atoms with Crippen molar-refractivity contribution in [2.24, 2.45) is 47.3 Å². The Morgan fingerprint density at radius 3 is 2.38 bits per heavy atom. The number of fused-ring (bicyclic) bond motifs is 1. The Labute approximate surface area is 153 Å². The lowest BCUT2D eigenvalue weighted by Crippen LogP contribution is -2.60. The zero-order valence-corrected chi connectivity index (χ0v) is 15.3. The van der Waals surface area contributed by atoms with Gasteiger partial charge in [0.05, 0.1) is 17.9 Å². The number of carbonyl (C=O) groups is 2. The van der Waals surface area contributed by atoms with Gasteiger partial charge in [-0.05, 0) is 68.6 Å². The summed E-state index contributed by atoms with van der Waals surface area (Å²) in [4.78, 5) is 25.6. The van der Waals surface area contributed by atoms with E-state index in [1.54, 1.807) is 0 Å². The Morgan fingerprint density at radius 2 is 1.77 bits per heavy atom. The zero-order valence-electron chi connectivity index (χ0n) is 15.3. The first-order chi connectivity index (χ1) is 12.5. The lowest BCUT2D eigenvalue weighted by Gasteiger charge is -2.60. The normalized spacial score (nSPS) is 58.3. The van der Waals surface area contributed by atoms with Gasteiger partial charge < -0.3 is 14.6 Å². The SMILES string of the molecule is CCC1(OC(=O)C2C3CC4C(OC(=O)C42)C3O)C2CC3CC(C2)CC1C3. The fraction of sp³-hybridized carbons (Fsp3) is 0.905. The van der Waals surface area contributed by atoms with Crippen molar-refractivity contribution in [1.82, 2.24) is 0 Å². The van der Waals surface area contributed by atoms with Crippen LogP contribution in [0.3, 0.4) is 0 Å². The largest absolute Gasteiger partial charge is 0.459 e. The summed E-state index contributed by atoms with van der Waals surface area (Å²) in [6, 6.07) is 0. The maximum atomic E-state index is 13.3. The molecule has 6 atom stereocenters. The summed E-state index contributed by atoms with van der Waals surface area (Å²) in [5.41, 5.74) is -0.334. The summed E-state index contributed by atoms with van der Waals surface area (Å²) in [5.74, 6) is 1.06. The van der Waals surface area contributed by atoms with Crippen molar-refractivity contribution in [3.05, 3.63) is 0 Å². The van der Waals surface area contributed by atoms with E-state index >= 15 is 0 Å². The molecule has 26 heavy (non-hydrogen) atoms. The summed E-state index contributed by atoms with van der Waals surface area (Å²) in [7, 11) is 0. The van der Waals surface area contributed by atoms with Gasteiger partial charge in [0, 0.05) is 11.8 Å². The molecular formula is C21H28O5. The second-order valence-corrected chi connectivity index (χ2v) is 10.0. The van der Waals surface area contributed by atoms with Crippen molar-refractivity contribution in [1.29, 1.82) is 0 Å². The Morgan fingerprint density at radius 1 is 1.12 bits per heavy atom. The van der Waals surface area contributed by atoms with E-state index in [1.165, 1.54) is 32.1 Å². The number of carbonyl (C=O) groups excluding carboxylic acids is 2. The number of hydrogen-bond donors (Lipinski definition) is 1. The van der Waals surface area contributed by atoms with Gasteiger partial charge in [-0.2, -0.15) is 0 Å². The van der Waals surface area contributed by atoms with Crippen LogP contribution in [0.25, 0.3) is 0 Å². The molecule has 5 heteroatoms. The molecule has 0 radical (unpaired) electrons. The number of hydrogen-bond acceptors (Lipinski definition) is 5. The highest BCUT2D eigenvalue weighted by Gasteiger charge is 2.69. The van der Waals surface area contributed by atoms with Gasteiger partial charge in [-0.1, -0.05) is 6.92 Å². The first-order valence-electron chi connectivity index (χ1n) is 10.6. The second kappa shape index (κ2) is 5.03. The maximum Gasteiger partial charge on any atom is 0.310 e. The summed E-state index contributed by atoms with van der Waals surface area (Å²) in [6.07, 6.45) is 6.66. The van der Waals surface area contributed by atoms with E-state index in [0.29, 0.717) is 11.8 Å². The van der Waals surface area contributed by atoms with Crippen LogP contribution in [-0.4, -0.2) is 34.9 Å². The monoisotopic (exact) mass is 360 g/mol. The molecule has 7 rings (SSSR count). The lowest BCUT2D eigenvalue weighted by molar-refractivity contribution is -0.217. The Bertz CT molecular complexity index is 643. The van der Waals surface area contributed by atoms with Crippen molar-refractivity contribution < 1.29 is 24.2 Å². The van der Waals surface area contributed by atoms with Gasteiger partial charge in [0.2, 0.25) is 0 Å². The van der Waals surface area contributed by atoms with Crippen LogP contribution in [0, 0.1) is 47.3 Å². The number of aliphatic hydroxyl groups excluding tert-OH is 1. The van der Waals surface area contributed by atoms with E-state index in [9.17, 15) is 14.7 Å². The third-order valence-corrected chi connectivity index (χ3v) is 9.21. The number of aliphatic hydroxyl groups is 1. The van der Waals surface area contributed by atoms with Gasteiger partial charge >= 0.3 is 11.9 Å². The highest BCUT2D eigenvalue weighted by Crippen LogP contribution is 2.62. The van der Waals surface area contributed by atoms with Crippen LogP contribution < -0.4 is 0 Å². The molecule has 6 bridgehead atoms. The molecule has 7 fully saturated rings. The summed E-state index contributed by atoms with van der Waals surface area (Å²) in [5, 5.41) is 10.5. The molecule has 5 nitrogen and oxygen atoms in total. The van der Waals surface area contributed by atoms with Crippen molar-refractivity contribution in [3.8, 4) is 0 Å². The molecule has 6 unspecified atom stereocenters. The summed E-state index contributed by atoms with van der Waals surface area (Å²) >= 11 is 0. The minimum absolute atomic E-state index is 0.0103. The predicted molar refractivity (Wildman–Crippen MR) is 90.6 cm³/mol. The standard InChI is InChI=1S/C21H28O5/c1-2-21(11-4-9-3-10(6-11)7-12(21)5-9)26-20(24)15-13-8-14-16(15)19(23)25-18(14)17(13)22/h9-18,22H,2-8H2,1H3. The maximum absolute atomic E-state index is 13.3. The fourth-order valence-corrected chi connectivity index (χ4v) is 8.39. The zero-order chi connectivity index (χ0) is 17.8. The van der Waals surface area contributed by atoms with E-state index in [-0.39, 0.29) is 41.4 Å². The molecule has 6 aliphatic carbocycles. The Balaban J connectivity index is 1.29. The minimum atomic E-state index is -0.698. The molecule has 6 saturated carbocycles. The van der Waals surface area contributed by atoms with Gasteiger partial charge in [-0.15, -0.1) is 0 Å². The molecule has 0 amide bonds. The van der Waals surface area contributed by atoms with Crippen LogP contribution in [0.5, 0.6) is 0 Å². The number of esters is 2. The second-order valence-electron chi connectivity index (χ2n) is 10.0. The smallest absolute Gasteiger partial charge is 0.310 e. The fourth-order valence-electron chi connectivity index (χ4n) is 8.39. The molecule has 1 saturated heterocycles. The molecule has 1 aliphatic heterocycles. The van der Waals surface area contributed by atoms with Gasteiger partial charge in [0.25, 0.3) is 0 Å². The molecular weight excluding hydrogens is 332 g/mol. The van der Waals surface area contributed by atoms with Gasteiger partial charge in [-0.25, -0.2) is 0 Å². The average Bonchev–Trinajstić information content (AvgIpc) is 3.22. The third-order valence-electron chi connectivity index (χ3n) is 9.21. The van der Waals surface area contributed by atoms with Crippen molar-refractivity contribution in [2.75, 3.05) is 0 Å². The van der Waals surface area contributed by atoms with E-state index in [0.717, 1.165) is 24.7 Å². The first kappa shape index (κ1) is 15.9. The molecule has 0 aromatic carbocycles. The van der Waals surface area contributed by atoms with E-state index in [2.05, 4.69) is 6.92 Å². The number of ether oxygens (including phenoxy) is 2. The quantitative estimate of drug-likeness (QED) is 0.782. The summed E-state index contributed by atoms with van der Waals surface area (Å²) < 4.78 is 11.8. The molecule has 142 valence electrons. The van der Waals surface area contributed by atoms with Crippen LogP contribution in [-0.2, 0) is 19.1 Å². The molecule has 7 aliphatic rings. The number of rotatable bonds is 3. The minimum Gasteiger partial charge on any atom is -0.459 e. The molecule has 1 N–H and O–H groups in total. The van der Waals surface area contributed by atoms with E-state index < -0.39 is 12.0 Å². The Kier molecular flexibility index (Phi) is 3.08. The molecule has 0 spiro atoms. The van der Waals surface area contributed by atoms with Crippen LogP contribution >= 0.6 is 0 Å². The Hall–Kier alpha value is -1.10. The predicted octanol–water partition coefficient (Wildman–Crippen LogP) is 2.30. The lowest BCUT2D eigenvalue weighted by atomic mass is 9.49. The average molecular weight is 360 g/mol. The van der Waals surface area contributed by atoms with Gasteiger partial charge in [0.1, 0.15) is 11.7 Å². The van der Waals surface area contributed by atoms with Gasteiger partial charge in [-0.3, -0.25) is 9.59 Å². The topological polar surface area (TPSA) is 72.8 Å². The molecule has 1 heterocycles. The summed E-state index contributed by atoms with van der Waals surface area (Å²) in [6.45, 7) is 2.16. The molecule has 0 aromatic heterocycles. The van der Waals surface area contributed by atoms with Crippen LogP contribution in [0.4, 0.5) is 0 Å². The highest BCUT2D eigenvalue weighted by molar-refractivity contribution is 5.86. The molecule has 0 aromatic rings.